The molecule has 0 aliphatic carbocycles. The normalized spacial score (nSPS) is 22.6. The summed E-state index contributed by atoms with van der Waals surface area (Å²) in [5.74, 6) is 0.124. The average molecular weight is 328 g/mol. The molecule has 130 valence electrons. The molecule has 0 bridgehead atoms. The van der Waals surface area contributed by atoms with Crippen LogP contribution in [-0.4, -0.2) is 36.6 Å². The van der Waals surface area contributed by atoms with E-state index in [1.165, 1.54) is 5.56 Å². The summed E-state index contributed by atoms with van der Waals surface area (Å²) in [4.78, 5) is 14.4. The molecule has 1 fully saturated rings. The van der Waals surface area contributed by atoms with Crippen molar-refractivity contribution in [1.82, 2.24) is 4.90 Å². The highest BCUT2D eigenvalue weighted by atomic mass is 16.5. The molecule has 0 spiro atoms. The van der Waals surface area contributed by atoms with E-state index in [1.807, 2.05) is 18.2 Å². The molecular formula is C20H28N2O2. The average Bonchev–Trinajstić information content (AvgIpc) is 2.52. The van der Waals surface area contributed by atoms with E-state index in [0.29, 0.717) is 26.0 Å². The van der Waals surface area contributed by atoms with Crippen molar-refractivity contribution >= 4 is 5.91 Å². The van der Waals surface area contributed by atoms with Gasteiger partial charge in [-0.05, 0) is 44.1 Å². The van der Waals surface area contributed by atoms with Crippen LogP contribution in [0.15, 0.2) is 30.3 Å². The van der Waals surface area contributed by atoms with E-state index >= 15 is 0 Å². The molecule has 1 atom stereocenters. The van der Waals surface area contributed by atoms with Crippen LogP contribution in [0.4, 0.5) is 0 Å². The summed E-state index contributed by atoms with van der Waals surface area (Å²) in [6, 6.07) is 12.5. The Bertz CT molecular complexity index is 591. The Morgan fingerprint density at radius 3 is 2.67 bits per heavy atom. The minimum Gasteiger partial charge on any atom is -0.376 e. The fourth-order valence-corrected chi connectivity index (χ4v) is 3.78. The smallest absolute Gasteiger partial charge is 0.222 e. The Balaban J connectivity index is 2.17. The van der Waals surface area contributed by atoms with E-state index in [-0.39, 0.29) is 16.9 Å². The van der Waals surface area contributed by atoms with Crippen molar-refractivity contribution in [2.24, 2.45) is 5.41 Å². The van der Waals surface area contributed by atoms with E-state index < -0.39 is 0 Å². The van der Waals surface area contributed by atoms with Crippen molar-refractivity contribution in [3.8, 4) is 6.07 Å². The summed E-state index contributed by atoms with van der Waals surface area (Å²) in [7, 11) is 1.79. The minimum atomic E-state index is -0.210. The first-order chi connectivity index (χ1) is 11.4. The van der Waals surface area contributed by atoms with Gasteiger partial charge in [0.1, 0.15) is 0 Å². The highest BCUT2D eigenvalue weighted by Crippen LogP contribution is 2.44. The van der Waals surface area contributed by atoms with Gasteiger partial charge in [-0.1, -0.05) is 30.3 Å². The number of nitrogens with zero attached hydrogens (tertiary/aromatic N) is 2. The third kappa shape index (κ3) is 5.07. The van der Waals surface area contributed by atoms with Gasteiger partial charge >= 0.3 is 0 Å². The first-order valence-electron chi connectivity index (χ1n) is 8.65. The van der Waals surface area contributed by atoms with Gasteiger partial charge < -0.3 is 9.64 Å². The molecule has 1 aliphatic heterocycles. The molecule has 0 aromatic heterocycles. The van der Waals surface area contributed by atoms with Crippen LogP contribution in [0.5, 0.6) is 0 Å². The fraction of sp³-hybridized carbons (Fsp3) is 0.600. The van der Waals surface area contributed by atoms with Gasteiger partial charge in [0, 0.05) is 26.6 Å². The van der Waals surface area contributed by atoms with Gasteiger partial charge in [-0.15, -0.1) is 0 Å². The van der Waals surface area contributed by atoms with Crippen molar-refractivity contribution in [2.75, 3.05) is 20.2 Å². The number of nitriles is 1. The second-order valence-corrected chi connectivity index (χ2v) is 7.60. The molecule has 1 aromatic carbocycles. The molecule has 1 unspecified atom stereocenters. The predicted octanol–water partition coefficient (Wildman–Crippen LogP) is 3.57. The van der Waals surface area contributed by atoms with Crippen molar-refractivity contribution in [3.05, 3.63) is 35.9 Å². The Hall–Kier alpha value is -1.86. The lowest BCUT2D eigenvalue weighted by Crippen LogP contribution is -2.45. The Morgan fingerprint density at radius 2 is 2.04 bits per heavy atom. The molecule has 2 rings (SSSR count). The Morgan fingerprint density at radius 1 is 1.33 bits per heavy atom. The summed E-state index contributed by atoms with van der Waals surface area (Å²) in [6.07, 6.45) is 3.54. The number of carbonyl (C=O) groups excluding carboxylic acids is 1. The van der Waals surface area contributed by atoms with Gasteiger partial charge in [-0.25, -0.2) is 0 Å². The number of amides is 1. The summed E-state index contributed by atoms with van der Waals surface area (Å²) in [5.41, 5.74) is 0.974. The first kappa shape index (κ1) is 18.5. The van der Waals surface area contributed by atoms with Crippen molar-refractivity contribution in [3.63, 3.8) is 0 Å². The predicted molar refractivity (Wildman–Crippen MR) is 94.3 cm³/mol. The van der Waals surface area contributed by atoms with E-state index in [2.05, 4.69) is 32.0 Å². The Kier molecular flexibility index (Phi) is 6.01. The van der Waals surface area contributed by atoms with Gasteiger partial charge in [-0.3, -0.25) is 4.79 Å². The van der Waals surface area contributed by atoms with Crippen LogP contribution in [0.2, 0.25) is 0 Å². The maximum Gasteiger partial charge on any atom is 0.222 e. The molecule has 0 N–H and O–H groups in total. The topological polar surface area (TPSA) is 53.3 Å². The second-order valence-electron chi connectivity index (χ2n) is 7.60. The lowest BCUT2D eigenvalue weighted by Gasteiger charge is -2.45. The molecule has 1 amide bonds. The van der Waals surface area contributed by atoms with Gasteiger partial charge in [0.05, 0.1) is 18.1 Å². The second kappa shape index (κ2) is 7.81. The van der Waals surface area contributed by atoms with Crippen molar-refractivity contribution in [1.29, 1.82) is 5.26 Å². The number of hydrogen-bond acceptors (Lipinski definition) is 3. The van der Waals surface area contributed by atoms with Gasteiger partial charge in [0.2, 0.25) is 5.91 Å². The van der Waals surface area contributed by atoms with Crippen LogP contribution < -0.4 is 0 Å². The maximum atomic E-state index is 12.7. The molecule has 1 saturated heterocycles. The zero-order valence-corrected chi connectivity index (χ0v) is 15.0. The van der Waals surface area contributed by atoms with Gasteiger partial charge in [0.15, 0.2) is 0 Å². The molecule has 0 saturated carbocycles. The highest BCUT2D eigenvalue weighted by molar-refractivity contribution is 5.76. The number of benzene rings is 1. The largest absolute Gasteiger partial charge is 0.376 e. The van der Waals surface area contributed by atoms with E-state index in [4.69, 9.17) is 10.00 Å². The van der Waals surface area contributed by atoms with Crippen LogP contribution in [0, 0.1) is 16.7 Å². The zero-order chi connectivity index (χ0) is 17.6. The summed E-state index contributed by atoms with van der Waals surface area (Å²) in [5, 5.41) is 8.73. The molecule has 1 heterocycles. The first-order valence-corrected chi connectivity index (χ1v) is 8.65. The van der Waals surface area contributed by atoms with Crippen LogP contribution >= 0.6 is 0 Å². The molecule has 1 aliphatic rings. The number of hydrogen-bond donors (Lipinski definition) is 0. The van der Waals surface area contributed by atoms with Crippen LogP contribution in [0.25, 0.3) is 0 Å². The summed E-state index contributed by atoms with van der Waals surface area (Å²) >= 11 is 0. The monoisotopic (exact) mass is 328 g/mol. The third-order valence-electron chi connectivity index (χ3n) is 4.86. The SMILES string of the molecule is CN(CCC#N)C(=O)CC1(Cc2ccccc2)CCOC(C)(C)C1. The number of carbonyl (C=O) groups is 1. The van der Waals surface area contributed by atoms with Gasteiger partial charge in [-0.2, -0.15) is 5.26 Å². The lowest BCUT2D eigenvalue weighted by atomic mass is 9.68. The molecule has 4 nitrogen and oxygen atoms in total. The van der Waals surface area contributed by atoms with Crippen LogP contribution in [-0.2, 0) is 16.0 Å². The summed E-state index contributed by atoms with van der Waals surface area (Å²) in [6.45, 7) is 5.40. The quantitative estimate of drug-likeness (QED) is 0.802. The van der Waals surface area contributed by atoms with Gasteiger partial charge in [0.25, 0.3) is 0 Å². The minimum absolute atomic E-state index is 0.0823. The van der Waals surface area contributed by atoms with E-state index in [9.17, 15) is 4.79 Å². The molecule has 4 heteroatoms. The number of rotatable bonds is 6. The van der Waals surface area contributed by atoms with Crippen LogP contribution in [0.1, 0.15) is 45.1 Å². The van der Waals surface area contributed by atoms with E-state index in [1.54, 1.807) is 11.9 Å². The fourth-order valence-electron chi connectivity index (χ4n) is 3.78. The number of ether oxygens (including phenoxy) is 1. The summed E-state index contributed by atoms with van der Waals surface area (Å²) < 4.78 is 5.90. The highest BCUT2D eigenvalue weighted by Gasteiger charge is 2.42. The third-order valence-corrected chi connectivity index (χ3v) is 4.86. The zero-order valence-electron chi connectivity index (χ0n) is 15.0. The molecule has 1 aromatic rings. The lowest BCUT2D eigenvalue weighted by molar-refractivity contribution is -0.140. The molecule has 0 radical (unpaired) electrons. The Labute approximate surface area is 145 Å². The van der Waals surface area contributed by atoms with Crippen molar-refractivity contribution < 1.29 is 9.53 Å². The standard InChI is InChI=1S/C20H28N2O2/c1-19(2)16-20(10-13-24-19,14-17-8-5-4-6-9-17)15-18(23)22(3)12-7-11-21/h4-6,8-9H,7,10,12-16H2,1-3H3. The van der Waals surface area contributed by atoms with Crippen molar-refractivity contribution in [2.45, 2.75) is 51.6 Å². The van der Waals surface area contributed by atoms with E-state index in [0.717, 1.165) is 19.3 Å². The van der Waals surface area contributed by atoms with Crippen LogP contribution in [0.3, 0.4) is 0 Å². The molecular weight excluding hydrogens is 300 g/mol. The maximum absolute atomic E-state index is 12.7. The molecule has 24 heavy (non-hydrogen) atoms.